The smallest absolute Gasteiger partial charge is 0.196 e. The lowest BCUT2D eigenvalue weighted by Crippen LogP contribution is -3.13. The van der Waals surface area contributed by atoms with Crippen LogP contribution in [0.3, 0.4) is 0 Å². The number of hydrogen-bond acceptors (Lipinski definition) is 4. The topological polar surface area (TPSA) is 46.6 Å². The van der Waals surface area contributed by atoms with Gasteiger partial charge in [0.1, 0.15) is 24.0 Å². The first-order valence-corrected chi connectivity index (χ1v) is 10.1. The molecule has 1 aliphatic rings. The summed E-state index contributed by atoms with van der Waals surface area (Å²) in [7, 11) is 0. The van der Waals surface area contributed by atoms with Gasteiger partial charge in [-0.2, -0.15) is 0 Å². The molecule has 0 unspecified atom stereocenters. The molecule has 0 radical (unpaired) electrons. The molecule has 0 bridgehead atoms. The summed E-state index contributed by atoms with van der Waals surface area (Å²) >= 11 is 12.3. The highest BCUT2D eigenvalue weighted by Crippen LogP contribution is 2.32. The Kier molecular flexibility index (Phi) is 4.59. The quantitative estimate of drug-likeness (QED) is 0.557. The molecule has 0 saturated carbocycles. The second-order valence-corrected chi connectivity index (χ2v) is 7.97. The van der Waals surface area contributed by atoms with Gasteiger partial charge in [0.2, 0.25) is 0 Å². The SMILES string of the molecule is Clc1ccc(C[NH+]2CCN(c3ncnc4c3oc3ccccc34)CC2)c(Cl)c1. The molecule has 3 heterocycles. The number of anilines is 1. The summed E-state index contributed by atoms with van der Waals surface area (Å²) in [4.78, 5) is 12.8. The van der Waals surface area contributed by atoms with Gasteiger partial charge in [-0.15, -0.1) is 0 Å². The summed E-state index contributed by atoms with van der Waals surface area (Å²) in [6.07, 6.45) is 1.63. The maximum Gasteiger partial charge on any atom is 0.196 e. The highest BCUT2D eigenvalue weighted by atomic mass is 35.5. The van der Waals surface area contributed by atoms with E-state index in [0.29, 0.717) is 5.02 Å². The first kappa shape index (κ1) is 17.7. The maximum atomic E-state index is 6.34. The number of aromatic nitrogens is 2. The van der Waals surface area contributed by atoms with Crippen LogP contribution >= 0.6 is 23.2 Å². The van der Waals surface area contributed by atoms with Crippen molar-refractivity contribution in [3.63, 3.8) is 0 Å². The lowest BCUT2D eigenvalue weighted by molar-refractivity contribution is -0.914. The van der Waals surface area contributed by atoms with Gasteiger partial charge in [-0.3, -0.25) is 0 Å². The fraction of sp³-hybridized carbons (Fsp3) is 0.238. The van der Waals surface area contributed by atoms with E-state index in [0.717, 1.165) is 71.2 Å². The Labute approximate surface area is 172 Å². The minimum atomic E-state index is 0.673. The molecule has 0 amide bonds. The van der Waals surface area contributed by atoms with Gasteiger partial charge < -0.3 is 14.2 Å². The predicted molar refractivity (Wildman–Crippen MR) is 112 cm³/mol. The summed E-state index contributed by atoms with van der Waals surface area (Å²) in [5.74, 6) is 0.879. The largest absolute Gasteiger partial charge is 0.450 e. The van der Waals surface area contributed by atoms with E-state index in [4.69, 9.17) is 27.6 Å². The first-order chi connectivity index (χ1) is 13.7. The van der Waals surface area contributed by atoms with E-state index in [9.17, 15) is 0 Å². The second-order valence-electron chi connectivity index (χ2n) is 7.12. The zero-order valence-corrected chi connectivity index (χ0v) is 16.7. The van der Waals surface area contributed by atoms with E-state index in [2.05, 4.69) is 14.9 Å². The number of nitrogens with one attached hydrogen (secondary N) is 1. The van der Waals surface area contributed by atoms with Crippen LogP contribution < -0.4 is 9.80 Å². The summed E-state index contributed by atoms with van der Waals surface area (Å²) in [6, 6.07) is 13.7. The summed E-state index contributed by atoms with van der Waals surface area (Å²) in [5, 5.41) is 2.44. The maximum absolute atomic E-state index is 6.34. The lowest BCUT2D eigenvalue weighted by atomic mass is 10.2. The van der Waals surface area contributed by atoms with Gasteiger partial charge in [0, 0.05) is 16.0 Å². The number of quaternary nitrogens is 1. The summed E-state index contributed by atoms with van der Waals surface area (Å²) < 4.78 is 6.08. The molecule has 0 atom stereocenters. The minimum absolute atomic E-state index is 0.673. The molecule has 4 aromatic rings. The van der Waals surface area contributed by atoms with Crippen molar-refractivity contribution in [3.8, 4) is 0 Å². The highest BCUT2D eigenvalue weighted by molar-refractivity contribution is 6.35. The Morgan fingerprint density at radius 1 is 1.04 bits per heavy atom. The average molecular weight is 414 g/mol. The van der Waals surface area contributed by atoms with E-state index in [-0.39, 0.29) is 0 Å². The number of rotatable bonds is 3. The second kappa shape index (κ2) is 7.24. The van der Waals surface area contributed by atoms with Gasteiger partial charge in [-0.05, 0) is 24.3 Å². The molecule has 1 N–H and O–H groups in total. The zero-order chi connectivity index (χ0) is 19.1. The van der Waals surface area contributed by atoms with Crippen LogP contribution in [0.5, 0.6) is 0 Å². The van der Waals surface area contributed by atoms with Gasteiger partial charge >= 0.3 is 0 Å². The van der Waals surface area contributed by atoms with Crippen LogP contribution in [0.2, 0.25) is 10.0 Å². The molecular weight excluding hydrogens is 395 g/mol. The Bertz CT molecular complexity index is 1150. The molecule has 2 aromatic heterocycles. The molecule has 5 nitrogen and oxygen atoms in total. The van der Waals surface area contributed by atoms with Crippen molar-refractivity contribution >= 4 is 51.1 Å². The van der Waals surface area contributed by atoms with Crippen LogP contribution in [0.15, 0.2) is 53.2 Å². The highest BCUT2D eigenvalue weighted by Gasteiger charge is 2.25. The van der Waals surface area contributed by atoms with Crippen LogP contribution in [0.4, 0.5) is 5.82 Å². The zero-order valence-electron chi connectivity index (χ0n) is 15.2. The monoisotopic (exact) mass is 413 g/mol. The van der Waals surface area contributed by atoms with Crippen LogP contribution in [0.25, 0.3) is 22.1 Å². The molecule has 1 saturated heterocycles. The van der Waals surface area contributed by atoms with Crippen LogP contribution in [-0.4, -0.2) is 36.1 Å². The Morgan fingerprint density at radius 3 is 2.68 bits per heavy atom. The van der Waals surface area contributed by atoms with Crippen molar-refractivity contribution in [2.75, 3.05) is 31.1 Å². The number of halogens is 2. The van der Waals surface area contributed by atoms with E-state index >= 15 is 0 Å². The van der Waals surface area contributed by atoms with E-state index in [1.54, 1.807) is 6.33 Å². The van der Waals surface area contributed by atoms with Gasteiger partial charge in [0.05, 0.1) is 31.2 Å². The summed E-state index contributed by atoms with van der Waals surface area (Å²) in [5.41, 5.74) is 3.63. The van der Waals surface area contributed by atoms with E-state index < -0.39 is 0 Å². The molecule has 7 heteroatoms. The van der Waals surface area contributed by atoms with Crippen molar-refractivity contribution in [2.24, 2.45) is 0 Å². The van der Waals surface area contributed by atoms with E-state index in [1.807, 2.05) is 42.5 Å². The third-order valence-corrected chi connectivity index (χ3v) is 5.95. The third kappa shape index (κ3) is 3.20. The number of benzene rings is 2. The van der Waals surface area contributed by atoms with Gasteiger partial charge in [-0.25, -0.2) is 9.97 Å². The van der Waals surface area contributed by atoms with Crippen molar-refractivity contribution < 1.29 is 9.32 Å². The Morgan fingerprint density at radius 2 is 1.86 bits per heavy atom. The molecular formula is C21H19Cl2N4O+. The molecule has 1 fully saturated rings. The van der Waals surface area contributed by atoms with Crippen LogP contribution in [-0.2, 0) is 6.54 Å². The number of fused-ring (bicyclic) bond motifs is 3. The number of piperazine rings is 1. The normalized spacial score (nSPS) is 15.6. The fourth-order valence-electron chi connectivity index (χ4n) is 3.88. The standard InChI is InChI=1S/C21H18Cl2N4O/c22-15-6-5-14(17(23)11-15)12-26-7-9-27(10-8-26)21-20-19(24-13-25-21)16-3-1-2-4-18(16)28-20/h1-6,11,13H,7-10,12H2/p+1. The molecule has 2 aromatic carbocycles. The number of para-hydroxylation sites is 1. The van der Waals surface area contributed by atoms with Crippen LogP contribution in [0, 0.1) is 0 Å². The number of nitrogens with zero attached hydrogens (tertiary/aromatic N) is 3. The van der Waals surface area contributed by atoms with Crippen molar-refractivity contribution in [1.82, 2.24) is 9.97 Å². The predicted octanol–water partition coefficient (Wildman–Crippen LogP) is 3.59. The van der Waals surface area contributed by atoms with Gasteiger partial charge in [0.25, 0.3) is 0 Å². The number of hydrogen-bond donors (Lipinski definition) is 1. The average Bonchev–Trinajstić information content (AvgIpc) is 3.10. The Balaban J connectivity index is 1.35. The summed E-state index contributed by atoms with van der Waals surface area (Å²) in [6.45, 7) is 4.72. The minimum Gasteiger partial charge on any atom is -0.450 e. The van der Waals surface area contributed by atoms with Crippen molar-refractivity contribution in [3.05, 3.63) is 64.4 Å². The van der Waals surface area contributed by atoms with E-state index in [1.165, 1.54) is 4.90 Å². The number of furan rings is 1. The fourth-order valence-corrected chi connectivity index (χ4v) is 4.36. The van der Waals surface area contributed by atoms with Crippen molar-refractivity contribution in [1.29, 1.82) is 0 Å². The lowest BCUT2D eigenvalue weighted by Gasteiger charge is -2.32. The first-order valence-electron chi connectivity index (χ1n) is 9.34. The van der Waals surface area contributed by atoms with Crippen LogP contribution in [0.1, 0.15) is 5.56 Å². The molecule has 28 heavy (non-hydrogen) atoms. The Hall–Kier alpha value is -2.34. The van der Waals surface area contributed by atoms with Gasteiger partial charge in [0.15, 0.2) is 11.4 Å². The van der Waals surface area contributed by atoms with Crippen molar-refractivity contribution in [2.45, 2.75) is 6.54 Å². The molecule has 0 spiro atoms. The molecule has 142 valence electrons. The van der Waals surface area contributed by atoms with Gasteiger partial charge in [-0.1, -0.05) is 41.4 Å². The third-order valence-electron chi connectivity index (χ3n) is 5.36. The molecule has 1 aliphatic heterocycles. The molecule has 0 aliphatic carbocycles. The molecule has 5 rings (SSSR count).